The predicted octanol–water partition coefficient (Wildman–Crippen LogP) is -0.0343. The van der Waals surface area contributed by atoms with Gasteiger partial charge in [-0.3, -0.25) is 4.90 Å². The summed E-state index contributed by atoms with van der Waals surface area (Å²) in [5.41, 5.74) is 0. The normalized spacial score (nSPS) is 24.9. The zero-order valence-electron chi connectivity index (χ0n) is 11.9. The summed E-state index contributed by atoms with van der Waals surface area (Å²) < 4.78 is 4.79. The van der Waals surface area contributed by atoms with E-state index in [-0.39, 0.29) is 12.6 Å². The molecule has 114 valence electrons. The van der Waals surface area contributed by atoms with Crippen molar-refractivity contribution < 1.29 is 19.4 Å². The lowest BCUT2D eigenvalue weighted by atomic mass is 10.00. The number of carboxylic acid groups (broad SMARTS) is 1. The number of carbonyl (C=O) groups excluding carboxylic acids is 1. The van der Waals surface area contributed by atoms with Crippen LogP contribution in [0.25, 0.3) is 0 Å². The molecule has 2 heterocycles. The van der Waals surface area contributed by atoms with E-state index in [4.69, 9.17) is 9.84 Å². The molecule has 0 spiro atoms. The van der Waals surface area contributed by atoms with Gasteiger partial charge in [-0.1, -0.05) is 6.42 Å². The molecule has 2 saturated heterocycles. The highest BCUT2D eigenvalue weighted by Gasteiger charge is 2.31. The summed E-state index contributed by atoms with van der Waals surface area (Å²) >= 11 is 0. The number of rotatable bonds is 4. The van der Waals surface area contributed by atoms with Crippen LogP contribution in [0, 0.1) is 0 Å². The molecule has 0 saturated carbocycles. The van der Waals surface area contributed by atoms with Crippen LogP contribution in [0.4, 0.5) is 4.79 Å². The summed E-state index contributed by atoms with van der Waals surface area (Å²) in [6.45, 7) is 3.47. The number of carbonyl (C=O) groups is 2. The number of aliphatic carboxylic acids is 1. The number of ether oxygens (including phenoxy) is 1. The van der Waals surface area contributed by atoms with Crippen molar-refractivity contribution in [2.75, 3.05) is 39.8 Å². The van der Waals surface area contributed by atoms with Crippen LogP contribution in [0.1, 0.15) is 19.3 Å². The number of hydrogen-bond donors (Lipinski definition) is 2. The molecule has 2 aliphatic heterocycles. The van der Waals surface area contributed by atoms with Crippen LogP contribution >= 0.6 is 0 Å². The molecular formula is C13H23N3O4. The van der Waals surface area contributed by atoms with Gasteiger partial charge in [-0.2, -0.15) is 0 Å². The Balaban J connectivity index is 1.79. The van der Waals surface area contributed by atoms with E-state index >= 15 is 0 Å². The Bertz CT molecular complexity index is 364. The highest BCUT2D eigenvalue weighted by atomic mass is 16.5. The van der Waals surface area contributed by atoms with E-state index in [2.05, 4.69) is 10.2 Å². The summed E-state index contributed by atoms with van der Waals surface area (Å²) in [4.78, 5) is 27.1. The van der Waals surface area contributed by atoms with Gasteiger partial charge in [0.1, 0.15) is 0 Å². The van der Waals surface area contributed by atoms with E-state index in [0.29, 0.717) is 12.6 Å². The molecule has 2 atom stereocenters. The first kappa shape index (κ1) is 15.1. The lowest BCUT2D eigenvalue weighted by molar-refractivity contribution is -0.148. The number of methoxy groups -OCH3 is 1. The number of hydrogen-bond acceptors (Lipinski definition) is 4. The average molecular weight is 285 g/mol. The summed E-state index contributed by atoms with van der Waals surface area (Å²) in [6.07, 6.45) is 2.62. The van der Waals surface area contributed by atoms with E-state index < -0.39 is 12.1 Å². The zero-order valence-corrected chi connectivity index (χ0v) is 11.9. The van der Waals surface area contributed by atoms with E-state index in [1.165, 1.54) is 20.0 Å². The molecule has 0 aliphatic carbocycles. The maximum atomic E-state index is 12.1. The first-order valence-corrected chi connectivity index (χ1v) is 7.14. The van der Waals surface area contributed by atoms with Gasteiger partial charge < -0.3 is 20.1 Å². The molecule has 20 heavy (non-hydrogen) atoms. The van der Waals surface area contributed by atoms with Crippen LogP contribution in [0.2, 0.25) is 0 Å². The maximum Gasteiger partial charge on any atom is 0.334 e. The van der Waals surface area contributed by atoms with Crippen LogP contribution in [0.3, 0.4) is 0 Å². The highest BCUT2D eigenvalue weighted by molar-refractivity contribution is 5.77. The van der Waals surface area contributed by atoms with Crippen molar-refractivity contribution in [2.45, 2.75) is 31.4 Å². The molecule has 0 aromatic heterocycles. The van der Waals surface area contributed by atoms with Crippen molar-refractivity contribution in [3.05, 3.63) is 0 Å². The monoisotopic (exact) mass is 285 g/mol. The van der Waals surface area contributed by atoms with Crippen molar-refractivity contribution >= 4 is 12.0 Å². The third kappa shape index (κ3) is 3.61. The number of amides is 2. The van der Waals surface area contributed by atoms with Crippen LogP contribution in [-0.2, 0) is 9.53 Å². The number of nitrogens with zero attached hydrogens (tertiary/aromatic N) is 2. The van der Waals surface area contributed by atoms with E-state index in [0.717, 1.165) is 26.1 Å². The molecule has 0 aromatic carbocycles. The standard InChI is InChI=1S/C13H23N3O4/c1-20-11(12(17)18)8-14-13(19)16-7-6-15-5-3-2-4-10(15)9-16/h10-11H,2-9H2,1H3,(H,14,19)(H,17,18). The fourth-order valence-electron chi connectivity index (χ4n) is 2.90. The topological polar surface area (TPSA) is 82.1 Å². The first-order chi connectivity index (χ1) is 9.61. The van der Waals surface area contributed by atoms with Gasteiger partial charge in [-0.25, -0.2) is 9.59 Å². The van der Waals surface area contributed by atoms with Crippen LogP contribution in [0.5, 0.6) is 0 Å². The molecule has 2 aliphatic rings. The number of fused-ring (bicyclic) bond motifs is 1. The number of urea groups is 1. The van der Waals surface area contributed by atoms with Gasteiger partial charge in [-0.15, -0.1) is 0 Å². The maximum absolute atomic E-state index is 12.1. The summed E-state index contributed by atoms with van der Waals surface area (Å²) in [5, 5.41) is 11.5. The van der Waals surface area contributed by atoms with Crippen LogP contribution in [0.15, 0.2) is 0 Å². The summed E-state index contributed by atoms with van der Waals surface area (Å²) in [7, 11) is 1.33. The van der Waals surface area contributed by atoms with Gasteiger partial charge in [-0.05, 0) is 19.4 Å². The second-order valence-electron chi connectivity index (χ2n) is 5.38. The fraction of sp³-hybridized carbons (Fsp3) is 0.846. The molecule has 0 aromatic rings. The molecule has 0 bridgehead atoms. The number of piperazine rings is 1. The summed E-state index contributed by atoms with van der Waals surface area (Å²) in [5.74, 6) is -1.06. The second kappa shape index (κ2) is 6.90. The minimum atomic E-state index is -1.06. The number of nitrogens with one attached hydrogen (secondary N) is 1. The lowest BCUT2D eigenvalue weighted by Gasteiger charge is -2.43. The van der Waals surface area contributed by atoms with Crippen molar-refractivity contribution in [1.29, 1.82) is 0 Å². The fourth-order valence-corrected chi connectivity index (χ4v) is 2.90. The Morgan fingerprint density at radius 1 is 1.35 bits per heavy atom. The average Bonchev–Trinajstić information content (AvgIpc) is 2.46. The summed E-state index contributed by atoms with van der Waals surface area (Å²) in [6, 6.07) is 0.263. The molecule has 2 unspecified atom stereocenters. The predicted molar refractivity (Wildman–Crippen MR) is 72.6 cm³/mol. The Kier molecular flexibility index (Phi) is 5.19. The highest BCUT2D eigenvalue weighted by Crippen LogP contribution is 2.20. The number of carboxylic acids is 1. The number of piperidine rings is 1. The van der Waals surface area contributed by atoms with Crippen molar-refractivity contribution in [1.82, 2.24) is 15.1 Å². The van der Waals surface area contributed by atoms with E-state index in [1.807, 2.05) is 0 Å². The third-order valence-corrected chi connectivity index (χ3v) is 4.12. The Hall–Kier alpha value is -1.34. The van der Waals surface area contributed by atoms with Gasteiger partial charge in [0, 0.05) is 32.8 Å². The zero-order chi connectivity index (χ0) is 14.5. The van der Waals surface area contributed by atoms with Crippen molar-refractivity contribution in [2.24, 2.45) is 0 Å². The minimum absolute atomic E-state index is 0.00442. The Morgan fingerprint density at radius 3 is 2.85 bits per heavy atom. The molecular weight excluding hydrogens is 262 g/mol. The quantitative estimate of drug-likeness (QED) is 0.758. The minimum Gasteiger partial charge on any atom is -0.479 e. The lowest BCUT2D eigenvalue weighted by Crippen LogP contribution is -2.58. The van der Waals surface area contributed by atoms with Gasteiger partial charge >= 0.3 is 12.0 Å². The van der Waals surface area contributed by atoms with Gasteiger partial charge in [0.25, 0.3) is 0 Å². The molecule has 7 nitrogen and oxygen atoms in total. The van der Waals surface area contributed by atoms with Gasteiger partial charge in [0.05, 0.1) is 6.54 Å². The van der Waals surface area contributed by atoms with E-state index in [1.54, 1.807) is 4.90 Å². The Morgan fingerprint density at radius 2 is 2.15 bits per heavy atom. The first-order valence-electron chi connectivity index (χ1n) is 7.14. The molecule has 2 N–H and O–H groups in total. The second-order valence-corrected chi connectivity index (χ2v) is 5.38. The van der Waals surface area contributed by atoms with Gasteiger partial charge in [0.2, 0.25) is 0 Å². The Labute approximate surface area is 118 Å². The smallest absolute Gasteiger partial charge is 0.334 e. The third-order valence-electron chi connectivity index (χ3n) is 4.12. The molecule has 2 fully saturated rings. The molecule has 2 rings (SSSR count). The molecule has 0 radical (unpaired) electrons. The van der Waals surface area contributed by atoms with Crippen LogP contribution < -0.4 is 5.32 Å². The SMILES string of the molecule is COC(CNC(=O)N1CCN2CCCCC2C1)C(=O)O. The van der Waals surface area contributed by atoms with Crippen molar-refractivity contribution in [3.8, 4) is 0 Å². The largest absolute Gasteiger partial charge is 0.479 e. The van der Waals surface area contributed by atoms with E-state index in [9.17, 15) is 9.59 Å². The van der Waals surface area contributed by atoms with Gasteiger partial charge in [0.15, 0.2) is 6.10 Å². The molecule has 2 amide bonds. The van der Waals surface area contributed by atoms with Crippen molar-refractivity contribution in [3.63, 3.8) is 0 Å². The molecule has 7 heteroatoms. The van der Waals surface area contributed by atoms with Crippen LogP contribution in [-0.4, -0.2) is 78.9 Å².